The van der Waals surface area contributed by atoms with Crippen LogP contribution < -0.4 is 10.1 Å². The van der Waals surface area contributed by atoms with E-state index in [1.54, 1.807) is 0 Å². The van der Waals surface area contributed by atoms with Gasteiger partial charge in [-0.3, -0.25) is 4.98 Å². The van der Waals surface area contributed by atoms with Crippen molar-refractivity contribution in [3.05, 3.63) is 23.5 Å². The Hall–Kier alpha value is -1.13. The normalized spacial score (nSPS) is 14.1. The number of nitrogens with one attached hydrogen (secondary N) is 1. The smallest absolute Gasteiger partial charge is 0.141 e. The summed E-state index contributed by atoms with van der Waals surface area (Å²) in [5.74, 6) is 0.753. The van der Waals surface area contributed by atoms with Gasteiger partial charge < -0.3 is 15.2 Å². The predicted molar refractivity (Wildman–Crippen MR) is 86.9 cm³/mol. The van der Waals surface area contributed by atoms with Crippen molar-refractivity contribution in [2.24, 2.45) is 0 Å². The van der Waals surface area contributed by atoms with Crippen LogP contribution in [0.25, 0.3) is 0 Å². The Labute approximate surface area is 128 Å². The van der Waals surface area contributed by atoms with Gasteiger partial charge in [0.2, 0.25) is 0 Å². The number of hydrogen-bond donors (Lipinski definition) is 2. The lowest BCUT2D eigenvalue weighted by atomic mass is 9.91. The van der Waals surface area contributed by atoms with Gasteiger partial charge in [-0.2, -0.15) is 0 Å². The van der Waals surface area contributed by atoms with E-state index >= 15 is 0 Å². The summed E-state index contributed by atoms with van der Waals surface area (Å²) < 4.78 is 5.79. The van der Waals surface area contributed by atoms with Crippen molar-refractivity contribution < 1.29 is 9.84 Å². The van der Waals surface area contributed by atoms with Gasteiger partial charge in [0, 0.05) is 23.2 Å². The van der Waals surface area contributed by atoms with Crippen LogP contribution in [0, 0.1) is 6.92 Å². The second kappa shape index (κ2) is 6.75. The molecule has 1 rings (SSSR count). The minimum absolute atomic E-state index is 0.0109. The molecule has 1 aromatic rings. The largest absolute Gasteiger partial charge is 0.489 e. The highest BCUT2D eigenvalue weighted by molar-refractivity contribution is 5.34. The van der Waals surface area contributed by atoms with Crippen molar-refractivity contribution >= 4 is 0 Å². The maximum absolute atomic E-state index is 10.0. The zero-order valence-electron chi connectivity index (χ0n) is 14.4. The topological polar surface area (TPSA) is 54.4 Å². The van der Waals surface area contributed by atoms with Crippen LogP contribution in [0.5, 0.6) is 5.75 Å². The summed E-state index contributed by atoms with van der Waals surface area (Å²) in [6.45, 7) is 15.3. The molecular formula is C17H30N2O2. The van der Waals surface area contributed by atoms with Crippen LogP contribution in [0.1, 0.15) is 52.9 Å². The minimum atomic E-state index is -0.543. The molecule has 0 aromatic carbocycles. The molecule has 0 aliphatic carbocycles. The molecule has 120 valence electrons. The van der Waals surface area contributed by atoms with Crippen LogP contribution in [0.4, 0.5) is 0 Å². The van der Waals surface area contributed by atoms with E-state index in [0.717, 1.165) is 17.1 Å². The van der Waals surface area contributed by atoms with Gasteiger partial charge in [-0.05, 0) is 39.8 Å². The molecule has 4 nitrogen and oxygen atoms in total. The zero-order valence-corrected chi connectivity index (χ0v) is 14.4. The molecule has 0 fully saturated rings. The standard InChI is InChI=1S/C17H30N2O2/c1-12-8-9-14(15(19-12)16(2,3)4)21-11-13(20)10-18-17(5,6)7/h8-9,13,18,20H,10-11H2,1-7H3/t13-/m1/s1. The van der Waals surface area contributed by atoms with E-state index in [9.17, 15) is 5.11 Å². The fourth-order valence-corrected chi connectivity index (χ4v) is 1.87. The third kappa shape index (κ3) is 6.44. The van der Waals surface area contributed by atoms with Crippen molar-refractivity contribution in [3.8, 4) is 5.75 Å². The lowest BCUT2D eigenvalue weighted by Crippen LogP contribution is -2.42. The van der Waals surface area contributed by atoms with Gasteiger partial charge in [0.15, 0.2) is 0 Å². The predicted octanol–water partition coefficient (Wildman–Crippen LogP) is 2.82. The summed E-state index contributed by atoms with van der Waals surface area (Å²) in [6.07, 6.45) is -0.543. The third-order valence-corrected chi connectivity index (χ3v) is 3.01. The molecule has 0 saturated heterocycles. The molecule has 4 heteroatoms. The third-order valence-electron chi connectivity index (χ3n) is 3.01. The Kier molecular flexibility index (Phi) is 5.76. The number of aliphatic hydroxyl groups is 1. The first-order valence-corrected chi connectivity index (χ1v) is 7.53. The van der Waals surface area contributed by atoms with E-state index in [1.165, 1.54) is 0 Å². The van der Waals surface area contributed by atoms with Crippen LogP contribution in [0.3, 0.4) is 0 Å². The van der Waals surface area contributed by atoms with E-state index in [0.29, 0.717) is 6.54 Å². The highest BCUT2D eigenvalue weighted by atomic mass is 16.5. The van der Waals surface area contributed by atoms with E-state index in [-0.39, 0.29) is 17.6 Å². The van der Waals surface area contributed by atoms with E-state index in [2.05, 4.69) is 51.8 Å². The fourth-order valence-electron chi connectivity index (χ4n) is 1.87. The molecule has 0 aliphatic heterocycles. The van der Waals surface area contributed by atoms with Gasteiger partial charge in [0.1, 0.15) is 18.5 Å². The molecule has 21 heavy (non-hydrogen) atoms. The number of rotatable bonds is 5. The molecule has 0 unspecified atom stereocenters. The van der Waals surface area contributed by atoms with E-state index in [1.807, 2.05) is 19.1 Å². The number of aliphatic hydroxyl groups excluding tert-OH is 1. The van der Waals surface area contributed by atoms with E-state index < -0.39 is 6.10 Å². The summed E-state index contributed by atoms with van der Waals surface area (Å²) in [4.78, 5) is 4.59. The molecule has 0 spiro atoms. The molecule has 0 amide bonds. The average Bonchev–Trinajstić information content (AvgIpc) is 2.32. The first kappa shape index (κ1) is 17.9. The summed E-state index contributed by atoms with van der Waals surface area (Å²) in [5, 5.41) is 13.3. The lowest BCUT2D eigenvalue weighted by molar-refractivity contribution is 0.0987. The number of nitrogens with zero attached hydrogens (tertiary/aromatic N) is 1. The summed E-state index contributed by atoms with van der Waals surface area (Å²) >= 11 is 0. The Morgan fingerprint density at radius 2 is 1.81 bits per heavy atom. The molecule has 2 N–H and O–H groups in total. The summed E-state index contributed by atoms with van der Waals surface area (Å²) in [5.41, 5.74) is 1.81. The number of aryl methyl sites for hydroxylation is 1. The number of hydrogen-bond acceptors (Lipinski definition) is 4. The molecule has 0 bridgehead atoms. The number of ether oxygens (including phenoxy) is 1. The number of pyridine rings is 1. The fraction of sp³-hybridized carbons (Fsp3) is 0.706. The van der Waals surface area contributed by atoms with Crippen molar-refractivity contribution in [1.82, 2.24) is 10.3 Å². The SMILES string of the molecule is Cc1ccc(OC[C@H](O)CNC(C)(C)C)c(C(C)(C)C)n1. The maximum Gasteiger partial charge on any atom is 0.141 e. The summed E-state index contributed by atoms with van der Waals surface area (Å²) in [6, 6.07) is 3.87. The van der Waals surface area contributed by atoms with Crippen molar-refractivity contribution in [2.75, 3.05) is 13.2 Å². The molecule has 0 saturated carbocycles. The van der Waals surface area contributed by atoms with Gasteiger partial charge in [0.25, 0.3) is 0 Å². The molecule has 0 aliphatic rings. The van der Waals surface area contributed by atoms with Crippen molar-refractivity contribution in [1.29, 1.82) is 0 Å². The summed E-state index contributed by atoms with van der Waals surface area (Å²) in [7, 11) is 0. The van der Waals surface area contributed by atoms with Crippen LogP contribution in [-0.4, -0.2) is 34.9 Å². The first-order valence-electron chi connectivity index (χ1n) is 7.53. The quantitative estimate of drug-likeness (QED) is 0.877. The second-order valence-electron chi connectivity index (χ2n) is 7.65. The lowest BCUT2D eigenvalue weighted by Gasteiger charge is -2.25. The van der Waals surface area contributed by atoms with Crippen LogP contribution in [0.15, 0.2) is 12.1 Å². The molecule has 0 radical (unpaired) electrons. The number of β-amino-alcohol motifs (C(OH)–C–C–N with tert-alkyl or cyclic N) is 1. The molecule has 1 atom stereocenters. The van der Waals surface area contributed by atoms with Gasteiger partial charge in [-0.1, -0.05) is 20.8 Å². The maximum atomic E-state index is 10.0. The Morgan fingerprint density at radius 3 is 2.33 bits per heavy atom. The molecular weight excluding hydrogens is 264 g/mol. The van der Waals surface area contributed by atoms with Crippen LogP contribution in [0.2, 0.25) is 0 Å². The molecule has 1 aromatic heterocycles. The Bertz CT molecular complexity index is 459. The average molecular weight is 294 g/mol. The van der Waals surface area contributed by atoms with Gasteiger partial charge in [-0.15, -0.1) is 0 Å². The Morgan fingerprint density at radius 1 is 1.19 bits per heavy atom. The van der Waals surface area contributed by atoms with Crippen molar-refractivity contribution in [3.63, 3.8) is 0 Å². The van der Waals surface area contributed by atoms with Gasteiger partial charge in [-0.25, -0.2) is 0 Å². The number of aromatic nitrogens is 1. The van der Waals surface area contributed by atoms with E-state index in [4.69, 9.17) is 4.74 Å². The minimum Gasteiger partial charge on any atom is -0.489 e. The van der Waals surface area contributed by atoms with Crippen molar-refractivity contribution in [2.45, 2.75) is 65.5 Å². The Balaban J connectivity index is 2.67. The zero-order chi connectivity index (χ0) is 16.3. The van der Waals surface area contributed by atoms with Gasteiger partial charge >= 0.3 is 0 Å². The molecule has 1 heterocycles. The second-order valence-corrected chi connectivity index (χ2v) is 7.65. The monoisotopic (exact) mass is 294 g/mol. The highest BCUT2D eigenvalue weighted by Crippen LogP contribution is 2.29. The van der Waals surface area contributed by atoms with Crippen LogP contribution in [-0.2, 0) is 5.41 Å². The van der Waals surface area contributed by atoms with Crippen LogP contribution >= 0.6 is 0 Å². The highest BCUT2D eigenvalue weighted by Gasteiger charge is 2.22. The first-order chi connectivity index (χ1) is 9.49. The van der Waals surface area contributed by atoms with Gasteiger partial charge in [0.05, 0.1) is 5.69 Å².